The lowest BCUT2D eigenvalue weighted by atomic mass is 10.2. The van der Waals surface area contributed by atoms with Gasteiger partial charge in [0.15, 0.2) is 6.39 Å². The van der Waals surface area contributed by atoms with Crippen LogP contribution in [0.1, 0.15) is 18.4 Å². The van der Waals surface area contributed by atoms with Crippen molar-refractivity contribution in [1.82, 2.24) is 10.3 Å². The van der Waals surface area contributed by atoms with Gasteiger partial charge in [0.2, 0.25) is 0 Å². The third kappa shape index (κ3) is 4.67. The van der Waals surface area contributed by atoms with Crippen LogP contribution in [0.2, 0.25) is 0 Å². The summed E-state index contributed by atoms with van der Waals surface area (Å²) in [6, 6.07) is 0. The quantitative estimate of drug-likeness (QED) is 0.694. The monoisotopic (exact) mass is 234 g/mol. The van der Waals surface area contributed by atoms with Crippen molar-refractivity contribution in [1.29, 1.82) is 0 Å². The van der Waals surface area contributed by atoms with Crippen LogP contribution in [0, 0.1) is 0 Å². The van der Waals surface area contributed by atoms with E-state index in [2.05, 4.69) is 10.3 Å². The number of aromatic nitrogens is 1. The van der Waals surface area contributed by atoms with Crippen molar-refractivity contribution in [2.45, 2.75) is 26.3 Å². The van der Waals surface area contributed by atoms with E-state index in [9.17, 15) is 8.78 Å². The minimum absolute atomic E-state index is 0.221. The fourth-order valence-electron chi connectivity index (χ4n) is 1.22. The van der Waals surface area contributed by atoms with Gasteiger partial charge in [-0.15, -0.1) is 0 Å². The molecule has 0 aliphatic rings. The highest BCUT2D eigenvalue weighted by molar-refractivity contribution is 5.07. The first-order valence-electron chi connectivity index (χ1n) is 5.21. The van der Waals surface area contributed by atoms with Crippen LogP contribution in [-0.4, -0.2) is 31.2 Å². The number of nitrogens with zero attached hydrogens (tertiary/aromatic N) is 1. The molecule has 0 aliphatic heterocycles. The van der Waals surface area contributed by atoms with Crippen LogP contribution in [0.5, 0.6) is 0 Å². The second kappa shape index (κ2) is 7.29. The summed E-state index contributed by atoms with van der Waals surface area (Å²) in [6.07, 6.45) is -0.598. The molecule has 0 saturated carbocycles. The van der Waals surface area contributed by atoms with Crippen molar-refractivity contribution in [3.63, 3.8) is 0 Å². The summed E-state index contributed by atoms with van der Waals surface area (Å²) in [5.41, 5.74) is 0.808. The van der Waals surface area contributed by atoms with E-state index in [1.165, 1.54) is 6.39 Å². The first-order valence-corrected chi connectivity index (χ1v) is 5.21. The first kappa shape index (κ1) is 13.1. The molecule has 0 saturated heterocycles. The van der Waals surface area contributed by atoms with E-state index in [4.69, 9.17) is 9.15 Å². The average Bonchev–Trinajstić information content (AvgIpc) is 2.69. The Morgan fingerprint density at radius 3 is 3.06 bits per heavy atom. The van der Waals surface area contributed by atoms with Gasteiger partial charge in [-0.3, -0.25) is 0 Å². The number of ether oxygens (including phenoxy) is 1. The second-order valence-corrected chi connectivity index (χ2v) is 3.22. The Hall–Kier alpha value is -1.01. The standard InChI is InChI=1S/C10H16F2N2O2/c1-2-13-5-8-9(16-7-14-8)3-4-15-6-10(11)12/h7,10,13H,2-6H2,1H3. The van der Waals surface area contributed by atoms with E-state index < -0.39 is 13.0 Å². The van der Waals surface area contributed by atoms with Crippen LogP contribution >= 0.6 is 0 Å². The van der Waals surface area contributed by atoms with Crippen LogP contribution in [-0.2, 0) is 17.7 Å². The van der Waals surface area contributed by atoms with Gasteiger partial charge in [-0.1, -0.05) is 6.92 Å². The van der Waals surface area contributed by atoms with Gasteiger partial charge in [0.25, 0.3) is 6.43 Å². The predicted octanol–water partition coefficient (Wildman–Crippen LogP) is 1.61. The molecule has 1 N–H and O–H groups in total. The lowest BCUT2D eigenvalue weighted by Crippen LogP contribution is -2.14. The van der Waals surface area contributed by atoms with E-state index in [0.717, 1.165) is 12.2 Å². The molecule has 16 heavy (non-hydrogen) atoms. The Labute approximate surface area is 93.0 Å². The molecular weight excluding hydrogens is 218 g/mol. The molecule has 0 aromatic carbocycles. The van der Waals surface area contributed by atoms with Crippen LogP contribution in [0.4, 0.5) is 8.78 Å². The topological polar surface area (TPSA) is 47.3 Å². The highest BCUT2D eigenvalue weighted by atomic mass is 19.3. The number of nitrogens with one attached hydrogen (secondary N) is 1. The molecule has 1 rings (SSSR count). The summed E-state index contributed by atoms with van der Waals surface area (Å²) < 4.78 is 33.5. The van der Waals surface area contributed by atoms with E-state index in [0.29, 0.717) is 18.7 Å². The molecule has 0 fully saturated rings. The minimum atomic E-state index is -2.42. The fourth-order valence-corrected chi connectivity index (χ4v) is 1.22. The second-order valence-electron chi connectivity index (χ2n) is 3.22. The predicted molar refractivity (Wildman–Crippen MR) is 54.4 cm³/mol. The van der Waals surface area contributed by atoms with Crippen molar-refractivity contribution < 1.29 is 17.9 Å². The molecule has 0 amide bonds. The molecule has 1 aromatic rings. The van der Waals surface area contributed by atoms with E-state index in [1.807, 2.05) is 6.92 Å². The van der Waals surface area contributed by atoms with Gasteiger partial charge in [-0.05, 0) is 6.54 Å². The lowest BCUT2D eigenvalue weighted by molar-refractivity contribution is 0.0176. The zero-order valence-corrected chi connectivity index (χ0v) is 9.21. The van der Waals surface area contributed by atoms with E-state index in [-0.39, 0.29) is 6.61 Å². The van der Waals surface area contributed by atoms with Crippen LogP contribution in [0.3, 0.4) is 0 Å². The largest absolute Gasteiger partial charge is 0.448 e. The molecule has 0 atom stereocenters. The molecule has 1 heterocycles. The highest BCUT2D eigenvalue weighted by Crippen LogP contribution is 2.07. The number of oxazole rings is 1. The maximum absolute atomic E-state index is 11.8. The Kier molecular flexibility index (Phi) is 5.95. The summed E-state index contributed by atoms with van der Waals surface area (Å²) in [5, 5.41) is 3.12. The number of rotatable bonds is 8. The molecule has 0 spiro atoms. The van der Waals surface area contributed by atoms with Crippen molar-refractivity contribution in [3.05, 3.63) is 17.8 Å². The van der Waals surface area contributed by atoms with Crippen molar-refractivity contribution in [3.8, 4) is 0 Å². The number of hydrogen-bond donors (Lipinski definition) is 1. The third-order valence-corrected chi connectivity index (χ3v) is 1.99. The number of alkyl halides is 2. The summed E-state index contributed by atoms with van der Waals surface area (Å²) in [4.78, 5) is 4.03. The molecule has 0 radical (unpaired) electrons. The SMILES string of the molecule is CCNCc1ncoc1CCOCC(F)F. The van der Waals surface area contributed by atoms with Gasteiger partial charge in [0.05, 0.1) is 12.3 Å². The maximum Gasteiger partial charge on any atom is 0.261 e. The van der Waals surface area contributed by atoms with E-state index >= 15 is 0 Å². The van der Waals surface area contributed by atoms with Gasteiger partial charge in [0.1, 0.15) is 12.4 Å². The smallest absolute Gasteiger partial charge is 0.261 e. The van der Waals surface area contributed by atoms with Gasteiger partial charge in [0, 0.05) is 13.0 Å². The number of halogens is 2. The summed E-state index contributed by atoms with van der Waals surface area (Å²) in [7, 11) is 0. The normalized spacial score (nSPS) is 11.2. The van der Waals surface area contributed by atoms with Gasteiger partial charge in [-0.25, -0.2) is 13.8 Å². The van der Waals surface area contributed by atoms with E-state index in [1.54, 1.807) is 0 Å². The van der Waals surface area contributed by atoms with Crippen LogP contribution in [0.25, 0.3) is 0 Å². The molecule has 92 valence electrons. The fraction of sp³-hybridized carbons (Fsp3) is 0.700. The Morgan fingerprint density at radius 1 is 1.56 bits per heavy atom. The van der Waals surface area contributed by atoms with Gasteiger partial charge in [-0.2, -0.15) is 0 Å². The molecular formula is C10H16F2N2O2. The van der Waals surface area contributed by atoms with Gasteiger partial charge >= 0.3 is 0 Å². The maximum atomic E-state index is 11.8. The molecule has 0 bridgehead atoms. The van der Waals surface area contributed by atoms with Crippen molar-refractivity contribution in [2.75, 3.05) is 19.8 Å². The van der Waals surface area contributed by atoms with Crippen molar-refractivity contribution in [2.24, 2.45) is 0 Å². The van der Waals surface area contributed by atoms with Crippen LogP contribution in [0.15, 0.2) is 10.8 Å². The lowest BCUT2D eigenvalue weighted by Gasteiger charge is -2.03. The average molecular weight is 234 g/mol. The Morgan fingerprint density at radius 2 is 2.38 bits per heavy atom. The highest BCUT2D eigenvalue weighted by Gasteiger charge is 2.08. The first-order chi connectivity index (χ1) is 7.74. The third-order valence-electron chi connectivity index (χ3n) is 1.99. The molecule has 1 aromatic heterocycles. The van der Waals surface area contributed by atoms with Gasteiger partial charge < -0.3 is 14.5 Å². The Balaban J connectivity index is 2.27. The zero-order valence-electron chi connectivity index (χ0n) is 9.21. The summed E-state index contributed by atoms with van der Waals surface area (Å²) in [6.45, 7) is 3.15. The van der Waals surface area contributed by atoms with Crippen molar-refractivity contribution >= 4 is 0 Å². The number of hydrogen-bond acceptors (Lipinski definition) is 4. The molecule has 0 unspecified atom stereocenters. The summed E-state index contributed by atoms with van der Waals surface area (Å²) in [5.74, 6) is 0.690. The summed E-state index contributed by atoms with van der Waals surface area (Å²) >= 11 is 0. The minimum Gasteiger partial charge on any atom is -0.448 e. The van der Waals surface area contributed by atoms with Crippen LogP contribution < -0.4 is 5.32 Å². The Bertz CT molecular complexity index is 292. The molecule has 0 aliphatic carbocycles. The molecule has 6 heteroatoms. The zero-order chi connectivity index (χ0) is 11.8. The molecule has 4 nitrogen and oxygen atoms in total.